The van der Waals surface area contributed by atoms with Crippen molar-refractivity contribution in [1.29, 1.82) is 0 Å². The quantitative estimate of drug-likeness (QED) is 0.897. The summed E-state index contributed by atoms with van der Waals surface area (Å²) >= 11 is 0. The molecule has 0 aromatic heterocycles. The number of benzene rings is 1. The largest absolute Gasteiger partial charge is 0.311 e. The topological polar surface area (TPSA) is 15.3 Å². The van der Waals surface area contributed by atoms with Crippen molar-refractivity contribution >= 4 is 0 Å². The monoisotopic (exact) mass is 258 g/mol. The zero-order valence-corrected chi connectivity index (χ0v) is 12.0. The second-order valence-electron chi connectivity index (χ2n) is 6.41. The van der Waals surface area contributed by atoms with Crippen LogP contribution in [-0.4, -0.2) is 36.6 Å². The molecule has 1 aliphatic carbocycles. The van der Waals surface area contributed by atoms with Gasteiger partial charge in [-0.3, -0.25) is 4.90 Å². The van der Waals surface area contributed by atoms with E-state index in [0.29, 0.717) is 6.04 Å². The molecule has 104 valence electrons. The van der Waals surface area contributed by atoms with Gasteiger partial charge in [-0.15, -0.1) is 0 Å². The molecule has 2 aliphatic rings. The third-order valence-corrected chi connectivity index (χ3v) is 4.80. The van der Waals surface area contributed by atoms with Gasteiger partial charge in [-0.1, -0.05) is 37.3 Å². The Morgan fingerprint density at radius 3 is 2.79 bits per heavy atom. The van der Waals surface area contributed by atoms with Crippen LogP contribution in [0.25, 0.3) is 0 Å². The van der Waals surface area contributed by atoms with Gasteiger partial charge in [0, 0.05) is 31.7 Å². The molecule has 1 saturated heterocycles. The van der Waals surface area contributed by atoms with E-state index in [-0.39, 0.29) is 0 Å². The highest BCUT2D eigenvalue weighted by Crippen LogP contribution is 2.29. The first-order chi connectivity index (χ1) is 9.31. The molecule has 1 heterocycles. The predicted molar refractivity (Wildman–Crippen MR) is 80.3 cm³/mol. The second kappa shape index (κ2) is 6.06. The van der Waals surface area contributed by atoms with Gasteiger partial charge in [0.25, 0.3) is 0 Å². The number of rotatable bonds is 3. The van der Waals surface area contributed by atoms with E-state index >= 15 is 0 Å². The molecular weight excluding hydrogens is 232 g/mol. The lowest BCUT2D eigenvalue weighted by molar-refractivity contribution is 0.143. The van der Waals surface area contributed by atoms with Crippen molar-refractivity contribution in [2.45, 2.75) is 44.7 Å². The van der Waals surface area contributed by atoms with Gasteiger partial charge in [-0.2, -0.15) is 0 Å². The molecule has 1 aromatic rings. The Kier molecular flexibility index (Phi) is 4.19. The minimum absolute atomic E-state index is 0.632. The first-order valence-electron chi connectivity index (χ1n) is 7.82. The van der Waals surface area contributed by atoms with Crippen LogP contribution in [0.15, 0.2) is 30.3 Å². The molecule has 0 radical (unpaired) electrons. The van der Waals surface area contributed by atoms with E-state index in [2.05, 4.69) is 47.5 Å². The lowest BCUT2D eigenvalue weighted by Gasteiger charge is -2.37. The van der Waals surface area contributed by atoms with Gasteiger partial charge in [-0.05, 0) is 37.2 Å². The van der Waals surface area contributed by atoms with Crippen LogP contribution in [0.2, 0.25) is 0 Å². The van der Waals surface area contributed by atoms with Gasteiger partial charge in [0.1, 0.15) is 0 Å². The van der Waals surface area contributed by atoms with E-state index in [1.54, 1.807) is 0 Å². The average Bonchev–Trinajstić information content (AvgIpc) is 2.87. The maximum Gasteiger partial charge on any atom is 0.0236 e. The maximum atomic E-state index is 3.69. The van der Waals surface area contributed by atoms with E-state index in [1.807, 2.05) is 0 Å². The molecule has 1 aliphatic heterocycles. The van der Waals surface area contributed by atoms with Gasteiger partial charge >= 0.3 is 0 Å². The fourth-order valence-electron chi connectivity index (χ4n) is 3.73. The smallest absolute Gasteiger partial charge is 0.0236 e. The van der Waals surface area contributed by atoms with Gasteiger partial charge in [-0.25, -0.2) is 0 Å². The molecule has 2 nitrogen and oxygen atoms in total. The molecule has 0 spiro atoms. The van der Waals surface area contributed by atoms with E-state index in [0.717, 1.165) is 18.5 Å². The van der Waals surface area contributed by atoms with E-state index in [9.17, 15) is 0 Å². The van der Waals surface area contributed by atoms with Gasteiger partial charge < -0.3 is 5.32 Å². The van der Waals surface area contributed by atoms with E-state index in [1.165, 1.54) is 44.3 Å². The zero-order valence-electron chi connectivity index (χ0n) is 12.0. The van der Waals surface area contributed by atoms with Crippen molar-refractivity contribution in [3.63, 3.8) is 0 Å². The highest BCUT2D eigenvalue weighted by atomic mass is 15.2. The number of piperazine rings is 1. The Balaban J connectivity index is 1.56. The van der Waals surface area contributed by atoms with E-state index in [4.69, 9.17) is 0 Å². The van der Waals surface area contributed by atoms with E-state index < -0.39 is 0 Å². The average molecular weight is 258 g/mol. The normalized spacial score (nSPS) is 32.6. The van der Waals surface area contributed by atoms with Gasteiger partial charge in [0.15, 0.2) is 0 Å². The van der Waals surface area contributed by atoms with Gasteiger partial charge in [0.05, 0.1) is 0 Å². The van der Waals surface area contributed by atoms with Crippen molar-refractivity contribution in [2.75, 3.05) is 19.6 Å². The predicted octanol–water partition coefficient (Wildman–Crippen LogP) is 2.69. The number of hydrogen-bond acceptors (Lipinski definition) is 2. The molecule has 3 unspecified atom stereocenters. The van der Waals surface area contributed by atoms with Crippen LogP contribution in [-0.2, 0) is 6.42 Å². The Morgan fingerprint density at radius 1 is 1.21 bits per heavy atom. The third kappa shape index (κ3) is 3.37. The standard InChI is InChI=1S/C17H26N2/c1-14-7-8-17(11-14)19-10-9-18-16(13-19)12-15-5-3-2-4-6-15/h2-6,14,16-18H,7-13H2,1H3. The van der Waals surface area contributed by atoms with Gasteiger partial charge in [0.2, 0.25) is 0 Å². The molecule has 3 rings (SSSR count). The minimum Gasteiger partial charge on any atom is -0.311 e. The van der Waals surface area contributed by atoms with Crippen LogP contribution in [0.5, 0.6) is 0 Å². The summed E-state index contributed by atoms with van der Waals surface area (Å²) in [6.07, 6.45) is 5.43. The molecule has 1 N–H and O–H groups in total. The fourth-order valence-corrected chi connectivity index (χ4v) is 3.73. The summed E-state index contributed by atoms with van der Waals surface area (Å²) in [6, 6.07) is 12.4. The molecule has 2 fully saturated rings. The third-order valence-electron chi connectivity index (χ3n) is 4.80. The highest BCUT2D eigenvalue weighted by Gasteiger charge is 2.30. The summed E-state index contributed by atoms with van der Waals surface area (Å²) in [5.41, 5.74) is 1.46. The Bertz CT molecular complexity index is 390. The Labute approximate surface area is 117 Å². The summed E-state index contributed by atoms with van der Waals surface area (Å²) in [4.78, 5) is 2.74. The summed E-state index contributed by atoms with van der Waals surface area (Å²) in [5, 5.41) is 3.69. The van der Waals surface area contributed by atoms with Crippen LogP contribution in [0.4, 0.5) is 0 Å². The first kappa shape index (κ1) is 13.1. The van der Waals surface area contributed by atoms with Crippen molar-refractivity contribution in [1.82, 2.24) is 10.2 Å². The van der Waals surface area contributed by atoms with Crippen molar-refractivity contribution in [3.05, 3.63) is 35.9 Å². The van der Waals surface area contributed by atoms with Crippen LogP contribution in [0.3, 0.4) is 0 Å². The Morgan fingerprint density at radius 2 is 2.05 bits per heavy atom. The minimum atomic E-state index is 0.632. The zero-order chi connectivity index (χ0) is 13.1. The number of nitrogens with zero attached hydrogens (tertiary/aromatic N) is 1. The lowest BCUT2D eigenvalue weighted by Crippen LogP contribution is -2.54. The highest BCUT2D eigenvalue weighted by molar-refractivity contribution is 5.16. The SMILES string of the molecule is CC1CCC(N2CCNC(Cc3ccccc3)C2)C1. The van der Waals surface area contributed by atoms with Crippen molar-refractivity contribution in [2.24, 2.45) is 5.92 Å². The van der Waals surface area contributed by atoms with Crippen molar-refractivity contribution in [3.8, 4) is 0 Å². The number of nitrogens with one attached hydrogen (secondary N) is 1. The van der Waals surface area contributed by atoms with Crippen LogP contribution in [0.1, 0.15) is 31.7 Å². The summed E-state index contributed by atoms with van der Waals surface area (Å²) in [7, 11) is 0. The molecule has 1 aromatic carbocycles. The molecule has 19 heavy (non-hydrogen) atoms. The molecule has 0 bridgehead atoms. The second-order valence-corrected chi connectivity index (χ2v) is 6.41. The fraction of sp³-hybridized carbons (Fsp3) is 0.647. The molecule has 3 atom stereocenters. The van der Waals surface area contributed by atoms with Crippen LogP contribution < -0.4 is 5.32 Å². The summed E-state index contributed by atoms with van der Waals surface area (Å²) in [5.74, 6) is 0.937. The van der Waals surface area contributed by atoms with Crippen molar-refractivity contribution < 1.29 is 0 Å². The summed E-state index contributed by atoms with van der Waals surface area (Å²) < 4.78 is 0. The summed E-state index contributed by atoms with van der Waals surface area (Å²) in [6.45, 7) is 6.03. The first-order valence-corrected chi connectivity index (χ1v) is 7.82. The molecule has 1 saturated carbocycles. The molecule has 2 heteroatoms. The lowest BCUT2D eigenvalue weighted by atomic mass is 10.0. The molecular formula is C17H26N2. The van der Waals surface area contributed by atoms with Crippen LogP contribution >= 0.6 is 0 Å². The molecule has 0 amide bonds. The maximum absolute atomic E-state index is 3.69. The number of hydrogen-bond donors (Lipinski definition) is 1. The van der Waals surface area contributed by atoms with Crippen LogP contribution in [0, 0.1) is 5.92 Å². The Hall–Kier alpha value is -0.860.